The Morgan fingerprint density at radius 1 is 1.05 bits per heavy atom. The molecular weight excluding hydrogens is 252 g/mol. The molecule has 0 atom stereocenters. The molecule has 0 bridgehead atoms. The highest BCUT2D eigenvalue weighted by Crippen LogP contribution is 2.35. The predicted octanol–water partition coefficient (Wildman–Crippen LogP) is 3.60. The van der Waals surface area contributed by atoms with E-state index in [4.69, 9.17) is 4.74 Å². The molecule has 96 valence electrons. The molecule has 3 rings (SSSR count). The summed E-state index contributed by atoms with van der Waals surface area (Å²) in [7, 11) is 0. The van der Waals surface area contributed by atoms with Crippen molar-refractivity contribution in [2.45, 2.75) is 0 Å². The van der Waals surface area contributed by atoms with Gasteiger partial charge in [0.1, 0.15) is 11.6 Å². The number of nitrogens with zero attached hydrogens (tertiary/aromatic N) is 2. The summed E-state index contributed by atoms with van der Waals surface area (Å²) >= 11 is 0. The molecule has 0 aliphatic carbocycles. The Morgan fingerprint density at radius 2 is 1.80 bits per heavy atom. The molecule has 4 heteroatoms. The zero-order valence-electron chi connectivity index (χ0n) is 10.4. The van der Waals surface area contributed by atoms with Crippen LogP contribution in [0.4, 0.5) is 0 Å². The number of nitriles is 1. The average molecular weight is 262 g/mol. The van der Waals surface area contributed by atoms with Crippen molar-refractivity contribution in [1.29, 1.82) is 5.26 Å². The van der Waals surface area contributed by atoms with Crippen LogP contribution in [-0.2, 0) is 0 Å². The Labute approximate surface area is 115 Å². The summed E-state index contributed by atoms with van der Waals surface area (Å²) in [6.07, 6.45) is 1.47. The number of ether oxygens (including phenoxy) is 1. The largest absolute Gasteiger partial charge is 0.504 e. The van der Waals surface area contributed by atoms with E-state index >= 15 is 0 Å². The Bertz CT molecular complexity index is 822. The molecule has 1 heterocycles. The topological polar surface area (TPSA) is 66.1 Å². The lowest BCUT2D eigenvalue weighted by Crippen LogP contribution is -1.92. The van der Waals surface area contributed by atoms with Crippen molar-refractivity contribution in [1.82, 2.24) is 4.98 Å². The molecule has 1 aromatic heterocycles. The van der Waals surface area contributed by atoms with Crippen LogP contribution < -0.4 is 4.74 Å². The van der Waals surface area contributed by atoms with E-state index in [0.29, 0.717) is 17.1 Å². The van der Waals surface area contributed by atoms with Gasteiger partial charge in [0.25, 0.3) is 0 Å². The van der Waals surface area contributed by atoms with Gasteiger partial charge in [-0.3, -0.25) is 4.98 Å². The van der Waals surface area contributed by atoms with E-state index in [-0.39, 0.29) is 5.75 Å². The van der Waals surface area contributed by atoms with Gasteiger partial charge in [0, 0.05) is 11.6 Å². The van der Waals surface area contributed by atoms with E-state index in [1.54, 1.807) is 18.2 Å². The van der Waals surface area contributed by atoms with Crippen molar-refractivity contribution < 1.29 is 9.84 Å². The molecule has 0 unspecified atom stereocenters. The normalized spacial score (nSPS) is 10.2. The number of para-hydroxylation sites is 3. The van der Waals surface area contributed by atoms with E-state index in [1.165, 1.54) is 12.3 Å². The summed E-state index contributed by atoms with van der Waals surface area (Å²) in [5.41, 5.74) is 1.06. The van der Waals surface area contributed by atoms with Crippen molar-refractivity contribution in [3.05, 3.63) is 60.3 Å². The fourth-order valence-corrected chi connectivity index (χ4v) is 1.96. The number of pyridine rings is 1. The van der Waals surface area contributed by atoms with Gasteiger partial charge in [0.2, 0.25) is 0 Å². The van der Waals surface area contributed by atoms with Crippen molar-refractivity contribution in [2.24, 2.45) is 0 Å². The quantitative estimate of drug-likeness (QED) is 0.766. The van der Waals surface area contributed by atoms with Gasteiger partial charge in [-0.15, -0.1) is 0 Å². The van der Waals surface area contributed by atoms with Crippen LogP contribution in [0, 0.1) is 11.3 Å². The highest BCUT2D eigenvalue weighted by Gasteiger charge is 2.12. The predicted molar refractivity (Wildman–Crippen MR) is 74.6 cm³/mol. The van der Waals surface area contributed by atoms with Crippen LogP contribution in [0.2, 0.25) is 0 Å². The monoisotopic (exact) mass is 262 g/mol. The number of hydrogen-bond acceptors (Lipinski definition) is 4. The van der Waals surface area contributed by atoms with Crippen LogP contribution in [0.15, 0.2) is 54.7 Å². The number of hydrogen-bond donors (Lipinski definition) is 1. The van der Waals surface area contributed by atoms with Gasteiger partial charge in [-0.2, -0.15) is 5.26 Å². The lowest BCUT2D eigenvalue weighted by molar-refractivity contribution is 0.413. The SMILES string of the molecule is N#Cc1cnc2ccccc2c1Oc1ccccc1O. The van der Waals surface area contributed by atoms with Crippen molar-refractivity contribution in [3.63, 3.8) is 0 Å². The van der Waals surface area contributed by atoms with Gasteiger partial charge in [0.15, 0.2) is 17.2 Å². The first-order valence-corrected chi connectivity index (χ1v) is 6.03. The number of aromatic hydroxyl groups is 1. The van der Waals surface area contributed by atoms with E-state index in [1.807, 2.05) is 24.3 Å². The summed E-state index contributed by atoms with van der Waals surface area (Å²) in [5, 5.41) is 19.7. The van der Waals surface area contributed by atoms with Gasteiger partial charge in [0.05, 0.1) is 5.52 Å². The minimum Gasteiger partial charge on any atom is -0.504 e. The van der Waals surface area contributed by atoms with Crippen molar-refractivity contribution in [3.8, 4) is 23.3 Å². The smallest absolute Gasteiger partial charge is 0.169 e. The second-order valence-electron chi connectivity index (χ2n) is 4.20. The van der Waals surface area contributed by atoms with E-state index in [9.17, 15) is 10.4 Å². The first-order valence-electron chi connectivity index (χ1n) is 6.03. The number of rotatable bonds is 2. The van der Waals surface area contributed by atoms with Gasteiger partial charge in [-0.1, -0.05) is 24.3 Å². The third-order valence-electron chi connectivity index (χ3n) is 2.92. The lowest BCUT2D eigenvalue weighted by atomic mass is 10.1. The second-order valence-corrected chi connectivity index (χ2v) is 4.20. The summed E-state index contributed by atoms with van der Waals surface area (Å²) in [6, 6.07) is 16.1. The van der Waals surface area contributed by atoms with Crippen LogP contribution in [0.1, 0.15) is 5.56 Å². The second kappa shape index (κ2) is 4.90. The lowest BCUT2D eigenvalue weighted by Gasteiger charge is -2.11. The van der Waals surface area contributed by atoms with E-state index < -0.39 is 0 Å². The molecular formula is C16H10N2O2. The first-order chi connectivity index (χ1) is 9.79. The average Bonchev–Trinajstić information content (AvgIpc) is 2.50. The zero-order valence-corrected chi connectivity index (χ0v) is 10.4. The van der Waals surface area contributed by atoms with Crippen molar-refractivity contribution >= 4 is 10.9 Å². The fraction of sp³-hybridized carbons (Fsp3) is 0. The summed E-state index contributed by atoms with van der Waals surface area (Å²) in [5.74, 6) is 0.734. The standard InChI is InChI=1S/C16H10N2O2/c17-9-11-10-18-13-6-2-1-5-12(13)16(11)20-15-8-4-3-7-14(15)19/h1-8,10,19H. The molecule has 4 nitrogen and oxygen atoms in total. The molecule has 0 fully saturated rings. The van der Waals surface area contributed by atoms with Gasteiger partial charge in [-0.05, 0) is 24.3 Å². The molecule has 0 saturated carbocycles. The summed E-state index contributed by atoms with van der Waals surface area (Å²) in [4.78, 5) is 4.21. The zero-order chi connectivity index (χ0) is 13.9. The molecule has 0 amide bonds. The maximum Gasteiger partial charge on any atom is 0.169 e. The van der Waals surface area contributed by atoms with Crippen molar-refractivity contribution in [2.75, 3.05) is 0 Å². The van der Waals surface area contributed by atoms with Crippen LogP contribution in [0.25, 0.3) is 10.9 Å². The molecule has 3 aromatic rings. The minimum atomic E-state index is 0.0253. The van der Waals surface area contributed by atoms with Crippen LogP contribution in [0.5, 0.6) is 17.2 Å². The first kappa shape index (κ1) is 12.0. The molecule has 2 aromatic carbocycles. The fourth-order valence-electron chi connectivity index (χ4n) is 1.96. The Balaban J connectivity index is 2.20. The number of fused-ring (bicyclic) bond motifs is 1. The van der Waals surface area contributed by atoms with E-state index in [0.717, 1.165) is 10.9 Å². The highest BCUT2D eigenvalue weighted by molar-refractivity contribution is 5.87. The van der Waals surface area contributed by atoms with Crippen LogP contribution in [-0.4, -0.2) is 10.1 Å². The molecule has 0 aliphatic heterocycles. The van der Waals surface area contributed by atoms with Crippen LogP contribution in [0.3, 0.4) is 0 Å². The maximum atomic E-state index is 9.78. The minimum absolute atomic E-state index is 0.0253. The third-order valence-corrected chi connectivity index (χ3v) is 2.92. The number of aromatic nitrogens is 1. The molecule has 20 heavy (non-hydrogen) atoms. The molecule has 0 radical (unpaired) electrons. The Hall–Kier alpha value is -3.06. The van der Waals surface area contributed by atoms with Gasteiger partial charge >= 0.3 is 0 Å². The number of phenolic OH excluding ortho intramolecular Hbond substituents is 1. The molecule has 0 saturated heterocycles. The molecule has 0 aliphatic rings. The maximum absolute atomic E-state index is 9.78. The molecule has 1 N–H and O–H groups in total. The van der Waals surface area contributed by atoms with Crippen LogP contribution >= 0.6 is 0 Å². The van der Waals surface area contributed by atoms with Gasteiger partial charge < -0.3 is 9.84 Å². The Kier molecular flexibility index (Phi) is 2.94. The summed E-state index contributed by atoms with van der Waals surface area (Å²) < 4.78 is 5.73. The number of phenols is 1. The number of benzene rings is 2. The van der Waals surface area contributed by atoms with Gasteiger partial charge in [-0.25, -0.2) is 0 Å². The highest BCUT2D eigenvalue weighted by atomic mass is 16.5. The summed E-state index contributed by atoms with van der Waals surface area (Å²) in [6.45, 7) is 0. The van der Waals surface area contributed by atoms with E-state index in [2.05, 4.69) is 11.1 Å². The third kappa shape index (κ3) is 2.02. The molecule has 0 spiro atoms. The Morgan fingerprint density at radius 3 is 2.60 bits per heavy atom.